The third-order valence-corrected chi connectivity index (χ3v) is 6.17. The Bertz CT molecular complexity index is 1110. The summed E-state index contributed by atoms with van der Waals surface area (Å²) in [5.41, 5.74) is 4.97. The predicted octanol–water partition coefficient (Wildman–Crippen LogP) is 4.22. The summed E-state index contributed by atoms with van der Waals surface area (Å²) in [6.07, 6.45) is 8.84. The molecule has 0 bridgehead atoms. The Morgan fingerprint density at radius 1 is 1.12 bits per heavy atom. The maximum Gasteiger partial charge on any atom is 0.227 e. The molecular weight excluding hydrogens is 414 g/mol. The van der Waals surface area contributed by atoms with Gasteiger partial charge in [0.2, 0.25) is 11.9 Å². The molecule has 1 aliphatic rings. The Hall–Kier alpha value is -3.48. The van der Waals surface area contributed by atoms with Crippen molar-refractivity contribution in [3.63, 3.8) is 0 Å². The molecule has 7 nitrogen and oxygen atoms in total. The van der Waals surface area contributed by atoms with E-state index in [0.29, 0.717) is 12.4 Å². The number of ether oxygens (including phenoxy) is 1. The van der Waals surface area contributed by atoms with E-state index in [9.17, 15) is 4.79 Å². The summed E-state index contributed by atoms with van der Waals surface area (Å²) in [4.78, 5) is 31.2. The summed E-state index contributed by atoms with van der Waals surface area (Å²) >= 11 is 0. The summed E-state index contributed by atoms with van der Waals surface area (Å²) in [6.45, 7) is 2.77. The van der Waals surface area contributed by atoms with E-state index in [1.165, 1.54) is 0 Å². The molecule has 0 aliphatic carbocycles. The minimum absolute atomic E-state index is 0.0891. The van der Waals surface area contributed by atoms with E-state index in [-0.39, 0.29) is 11.9 Å². The van der Waals surface area contributed by atoms with E-state index in [1.807, 2.05) is 73.5 Å². The van der Waals surface area contributed by atoms with Crippen LogP contribution in [0, 0.1) is 6.92 Å². The topological polar surface area (TPSA) is 71.5 Å². The van der Waals surface area contributed by atoms with Crippen LogP contribution in [0.2, 0.25) is 0 Å². The molecule has 1 amide bonds. The van der Waals surface area contributed by atoms with Gasteiger partial charge in [0.15, 0.2) is 0 Å². The number of piperidine rings is 1. The highest BCUT2D eigenvalue weighted by atomic mass is 16.5. The van der Waals surface area contributed by atoms with Crippen LogP contribution in [0.3, 0.4) is 0 Å². The smallest absolute Gasteiger partial charge is 0.227 e. The lowest BCUT2D eigenvalue weighted by molar-refractivity contribution is -0.134. The van der Waals surface area contributed by atoms with Crippen LogP contribution in [0.1, 0.15) is 42.1 Å². The Kier molecular flexibility index (Phi) is 6.87. The molecule has 1 saturated heterocycles. The lowest BCUT2D eigenvalue weighted by Gasteiger charge is -2.36. The number of carbonyl (C=O) groups excluding carboxylic acids is 1. The summed E-state index contributed by atoms with van der Waals surface area (Å²) in [5.74, 6) is 1.55. The Morgan fingerprint density at radius 2 is 1.91 bits per heavy atom. The molecule has 1 aliphatic heterocycles. The molecule has 3 heterocycles. The second-order valence-electron chi connectivity index (χ2n) is 8.68. The molecule has 0 saturated carbocycles. The van der Waals surface area contributed by atoms with Gasteiger partial charge in [0.05, 0.1) is 25.3 Å². The number of aryl methyl sites for hydroxylation is 1. The largest absolute Gasteiger partial charge is 0.497 e. The zero-order valence-corrected chi connectivity index (χ0v) is 19.8. The fourth-order valence-corrected chi connectivity index (χ4v) is 4.37. The quantitative estimate of drug-likeness (QED) is 0.566. The molecule has 2 aromatic heterocycles. The Balaban J connectivity index is 1.70. The van der Waals surface area contributed by atoms with Gasteiger partial charge in [-0.05, 0) is 61.1 Å². The highest BCUT2D eigenvalue weighted by Crippen LogP contribution is 2.37. The van der Waals surface area contributed by atoms with Gasteiger partial charge in [0.25, 0.3) is 0 Å². The lowest BCUT2D eigenvalue weighted by atomic mass is 9.92. The number of amides is 1. The minimum Gasteiger partial charge on any atom is -0.497 e. The second kappa shape index (κ2) is 9.98. The average Bonchev–Trinajstić information content (AvgIpc) is 2.84. The van der Waals surface area contributed by atoms with Crippen LogP contribution in [-0.2, 0) is 11.2 Å². The number of aromatic nitrogens is 3. The first-order valence-electron chi connectivity index (χ1n) is 11.4. The average molecular weight is 446 g/mol. The lowest BCUT2D eigenvalue weighted by Crippen LogP contribution is -2.40. The van der Waals surface area contributed by atoms with Gasteiger partial charge in [0, 0.05) is 44.8 Å². The van der Waals surface area contributed by atoms with Crippen LogP contribution >= 0.6 is 0 Å². The third kappa shape index (κ3) is 4.97. The fourth-order valence-electron chi connectivity index (χ4n) is 4.37. The standard InChI is InChI=1S/C26H31N5O2/c1-18-16-27-13-12-21(18)22-17-28-26(30(2)3)29-25(22)23-7-5-6-14-31(23)24(32)15-19-8-10-20(33-4)11-9-19/h8-13,16-17,23H,5-7,14-15H2,1-4H3. The van der Waals surface area contributed by atoms with Gasteiger partial charge in [-0.25, -0.2) is 9.97 Å². The van der Waals surface area contributed by atoms with Crippen molar-refractivity contribution in [2.45, 2.75) is 38.6 Å². The number of pyridine rings is 1. The number of hydrogen-bond donors (Lipinski definition) is 0. The van der Waals surface area contributed by atoms with Crippen molar-refractivity contribution in [3.8, 4) is 16.9 Å². The van der Waals surface area contributed by atoms with Crippen molar-refractivity contribution >= 4 is 11.9 Å². The van der Waals surface area contributed by atoms with E-state index in [0.717, 1.165) is 59.5 Å². The van der Waals surface area contributed by atoms with Gasteiger partial charge in [-0.2, -0.15) is 0 Å². The highest BCUT2D eigenvalue weighted by molar-refractivity contribution is 5.80. The van der Waals surface area contributed by atoms with E-state index in [4.69, 9.17) is 9.72 Å². The maximum atomic E-state index is 13.5. The van der Waals surface area contributed by atoms with Crippen molar-refractivity contribution in [1.29, 1.82) is 0 Å². The molecule has 4 rings (SSSR count). The maximum absolute atomic E-state index is 13.5. The van der Waals surface area contributed by atoms with Crippen LogP contribution in [0.5, 0.6) is 5.75 Å². The van der Waals surface area contributed by atoms with Crippen LogP contribution in [0.15, 0.2) is 48.9 Å². The summed E-state index contributed by atoms with van der Waals surface area (Å²) in [7, 11) is 5.51. The van der Waals surface area contributed by atoms with Gasteiger partial charge >= 0.3 is 0 Å². The van der Waals surface area contributed by atoms with Crippen molar-refractivity contribution in [2.75, 3.05) is 32.6 Å². The molecule has 0 radical (unpaired) electrons. The van der Waals surface area contributed by atoms with Crippen molar-refractivity contribution in [3.05, 3.63) is 65.7 Å². The molecule has 1 atom stereocenters. The zero-order valence-electron chi connectivity index (χ0n) is 19.8. The SMILES string of the molecule is COc1ccc(CC(=O)N2CCCCC2c2nc(N(C)C)ncc2-c2ccncc2C)cc1. The van der Waals surface area contributed by atoms with Crippen LogP contribution in [0.4, 0.5) is 5.95 Å². The van der Waals surface area contributed by atoms with E-state index < -0.39 is 0 Å². The first-order chi connectivity index (χ1) is 16.0. The monoisotopic (exact) mass is 445 g/mol. The van der Waals surface area contributed by atoms with Gasteiger partial charge < -0.3 is 14.5 Å². The number of rotatable bonds is 6. The molecule has 3 aromatic rings. The highest BCUT2D eigenvalue weighted by Gasteiger charge is 2.31. The van der Waals surface area contributed by atoms with Crippen LogP contribution in [0.25, 0.3) is 11.1 Å². The van der Waals surface area contributed by atoms with Gasteiger partial charge in [-0.1, -0.05) is 12.1 Å². The molecule has 172 valence electrons. The minimum atomic E-state index is -0.0891. The van der Waals surface area contributed by atoms with E-state index >= 15 is 0 Å². The molecule has 1 aromatic carbocycles. The second-order valence-corrected chi connectivity index (χ2v) is 8.68. The Labute approximate surface area is 195 Å². The number of anilines is 1. The fraction of sp³-hybridized carbons (Fsp3) is 0.385. The molecule has 0 spiro atoms. The number of hydrogen-bond acceptors (Lipinski definition) is 6. The van der Waals surface area contributed by atoms with Crippen LogP contribution < -0.4 is 9.64 Å². The number of nitrogens with zero attached hydrogens (tertiary/aromatic N) is 5. The third-order valence-electron chi connectivity index (χ3n) is 6.17. The molecule has 1 unspecified atom stereocenters. The molecular formula is C26H31N5O2. The molecule has 0 N–H and O–H groups in total. The molecule has 33 heavy (non-hydrogen) atoms. The van der Waals surface area contributed by atoms with Crippen molar-refractivity contribution in [2.24, 2.45) is 0 Å². The summed E-state index contributed by atoms with van der Waals surface area (Å²) in [6, 6.07) is 9.61. The Morgan fingerprint density at radius 3 is 2.61 bits per heavy atom. The van der Waals surface area contributed by atoms with Crippen LogP contribution in [-0.4, -0.2) is 53.5 Å². The van der Waals surface area contributed by atoms with E-state index in [2.05, 4.69) is 9.97 Å². The normalized spacial score (nSPS) is 15.9. The predicted molar refractivity (Wildman–Crippen MR) is 129 cm³/mol. The first kappa shape index (κ1) is 22.7. The number of carbonyl (C=O) groups is 1. The number of methoxy groups -OCH3 is 1. The first-order valence-corrected chi connectivity index (χ1v) is 11.4. The number of benzene rings is 1. The molecule has 7 heteroatoms. The number of likely N-dealkylation sites (tertiary alicyclic amines) is 1. The van der Waals surface area contributed by atoms with Crippen molar-refractivity contribution in [1.82, 2.24) is 19.9 Å². The zero-order chi connectivity index (χ0) is 23.4. The van der Waals surface area contributed by atoms with Gasteiger partial charge in [0.1, 0.15) is 5.75 Å². The molecule has 1 fully saturated rings. The summed E-state index contributed by atoms with van der Waals surface area (Å²) < 4.78 is 5.24. The van der Waals surface area contributed by atoms with Gasteiger partial charge in [-0.15, -0.1) is 0 Å². The summed E-state index contributed by atoms with van der Waals surface area (Å²) in [5, 5.41) is 0. The van der Waals surface area contributed by atoms with E-state index in [1.54, 1.807) is 13.3 Å². The van der Waals surface area contributed by atoms with Gasteiger partial charge in [-0.3, -0.25) is 9.78 Å². The van der Waals surface area contributed by atoms with Crippen molar-refractivity contribution < 1.29 is 9.53 Å².